The van der Waals surface area contributed by atoms with Gasteiger partial charge in [-0.3, -0.25) is 33.8 Å². The highest BCUT2D eigenvalue weighted by Gasteiger charge is 2.57. The Balaban J connectivity index is 2.02. The topological polar surface area (TPSA) is 231 Å². The largest absolute Gasteiger partial charge is 0.458 e. The van der Waals surface area contributed by atoms with E-state index in [9.17, 15) is 44.2 Å². The zero-order valence-corrected chi connectivity index (χ0v) is 33.3. The minimum Gasteiger partial charge on any atom is -0.458 e. The van der Waals surface area contributed by atoms with Gasteiger partial charge >= 0.3 is 5.97 Å². The molecule has 0 aliphatic carbocycles. The summed E-state index contributed by atoms with van der Waals surface area (Å²) >= 11 is 0. The molecule has 0 saturated carbocycles. The van der Waals surface area contributed by atoms with E-state index in [1.54, 1.807) is 13.8 Å². The minimum atomic E-state index is -2.57. The molecule has 3 aliphatic rings. The molecule has 0 radical (unpaired) electrons. The van der Waals surface area contributed by atoms with Crippen molar-refractivity contribution in [1.29, 1.82) is 0 Å². The molecular formula is C36H63N7O11. The van der Waals surface area contributed by atoms with Crippen molar-refractivity contribution in [2.45, 2.75) is 129 Å². The summed E-state index contributed by atoms with van der Waals surface area (Å²) < 4.78 is 11.9. The Morgan fingerprint density at radius 1 is 1.07 bits per heavy atom. The molecule has 0 aromatic rings. The van der Waals surface area contributed by atoms with Gasteiger partial charge in [-0.1, -0.05) is 34.6 Å². The SMILES string of the molecule is CC[C@H]1O[C@@](O)([C@](C)(O)C(=O)N[C@@H]2C(=O)N3NCCC[C@@H]3CN(O)CC(=O)N(C)[C@@H](C)C(=O)NCC(=O)N(C)CC(=O)OC2C(C)C)CC[C@@H]1CC(C)C. The highest BCUT2D eigenvalue weighted by Crippen LogP contribution is 2.41. The number of likely N-dealkylation sites (N-methyl/N-ethyl adjacent to an activating group) is 2. The summed E-state index contributed by atoms with van der Waals surface area (Å²) in [7, 11) is 2.70. The highest BCUT2D eigenvalue weighted by atomic mass is 16.6. The Hall–Kier alpha value is -3.42. The summed E-state index contributed by atoms with van der Waals surface area (Å²) in [6.45, 7) is 10.5. The fraction of sp³-hybridized carbons (Fsp3) is 0.833. The number of nitrogens with one attached hydrogen (secondary N) is 3. The number of hydrogen-bond donors (Lipinski definition) is 6. The van der Waals surface area contributed by atoms with Gasteiger partial charge in [0.05, 0.1) is 18.7 Å². The van der Waals surface area contributed by atoms with E-state index < -0.39 is 103 Å². The van der Waals surface area contributed by atoms with Crippen molar-refractivity contribution in [3.05, 3.63) is 0 Å². The number of hydrazine groups is 1. The molecule has 0 spiro atoms. The first-order chi connectivity index (χ1) is 25.1. The average molecular weight is 770 g/mol. The number of ether oxygens (including phenoxy) is 2. The number of esters is 1. The number of fused-ring (bicyclic) bond motifs is 1. The number of aliphatic hydroxyl groups is 2. The molecule has 3 rings (SSSR count). The van der Waals surface area contributed by atoms with E-state index in [0.717, 1.165) is 28.2 Å². The molecule has 8 atom stereocenters. The van der Waals surface area contributed by atoms with E-state index in [2.05, 4.69) is 29.9 Å². The summed E-state index contributed by atoms with van der Waals surface area (Å²) in [5.74, 6) is -7.23. The summed E-state index contributed by atoms with van der Waals surface area (Å²) in [6, 6.07) is -3.41. The second kappa shape index (κ2) is 18.9. The molecule has 0 aromatic heterocycles. The second-order valence-corrected chi connectivity index (χ2v) is 15.9. The van der Waals surface area contributed by atoms with E-state index >= 15 is 0 Å². The van der Waals surface area contributed by atoms with Gasteiger partial charge in [0.15, 0.2) is 5.60 Å². The third kappa shape index (κ3) is 10.9. The first-order valence-electron chi connectivity index (χ1n) is 19.0. The highest BCUT2D eigenvalue weighted by molar-refractivity contribution is 5.93. The van der Waals surface area contributed by atoms with Crippen molar-refractivity contribution in [2.75, 3.05) is 46.8 Å². The van der Waals surface area contributed by atoms with Crippen LogP contribution in [0.5, 0.6) is 0 Å². The maximum absolute atomic E-state index is 14.6. The second-order valence-electron chi connectivity index (χ2n) is 15.9. The van der Waals surface area contributed by atoms with Crippen LogP contribution in [0.3, 0.4) is 0 Å². The fourth-order valence-electron chi connectivity index (χ4n) is 7.21. The maximum atomic E-state index is 14.6. The van der Waals surface area contributed by atoms with Gasteiger partial charge in [-0.05, 0) is 63.7 Å². The summed E-state index contributed by atoms with van der Waals surface area (Å²) in [5.41, 5.74) is 0.427. The van der Waals surface area contributed by atoms with E-state index in [1.807, 2.05) is 6.92 Å². The lowest BCUT2D eigenvalue weighted by atomic mass is 9.78. The zero-order valence-electron chi connectivity index (χ0n) is 33.3. The third-order valence-corrected chi connectivity index (χ3v) is 10.8. The van der Waals surface area contributed by atoms with Crippen LogP contribution in [0.1, 0.15) is 87.0 Å². The Morgan fingerprint density at radius 3 is 2.35 bits per heavy atom. The Labute approximate surface area is 318 Å². The molecular weight excluding hydrogens is 706 g/mol. The molecule has 5 amide bonds. The number of hydrogen-bond acceptors (Lipinski definition) is 13. The molecule has 308 valence electrons. The van der Waals surface area contributed by atoms with Crippen LogP contribution in [-0.4, -0.2) is 159 Å². The molecule has 3 aliphatic heterocycles. The molecule has 0 bridgehead atoms. The minimum absolute atomic E-state index is 0.0574. The van der Waals surface area contributed by atoms with E-state index in [4.69, 9.17) is 9.47 Å². The number of hydroxylamine groups is 2. The third-order valence-electron chi connectivity index (χ3n) is 10.8. The van der Waals surface area contributed by atoms with Crippen LogP contribution in [-0.2, 0) is 38.2 Å². The van der Waals surface area contributed by atoms with Crippen molar-refractivity contribution in [3.8, 4) is 0 Å². The van der Waals surface area contributed by atoms with Crippen LogP contribution in [0.4, 0.5) is 0 Å². The Morgan fingerprint density at radius 2 is 1.74 bits per heavy atom. The van der Waals surface area contributed by atoms with Gasteiger partial charge in [0.25, 0.3) is 11.8 Å². The van der Waals surface area contributed by atoms with Crippen LogP contribution in [0.2, 0.25) is 0 Å². The maximum Gasteiger partial charge on any atom is 0.325 e. The van der Waals surface area contributed by atoms with Crippen molar-refractivity contribution in [3.63, 3.8) is 0 Å². The van der Waals surface area contributed by atoms with Gasteiger partial charge in [-0.15, -0.1) is 0 Å². The van der Waals surface area contributed by atoms with Crippen molar-refractivity contribution in [1.82, 2.24) is 35.9 Å². The smallest absolute Gasteiger partial charge is 0.325 e. The van der Waals surface area contributed by atoms with Crippen molar-refractivity contribution < 1.29 is 53.7 Å². The standard InChI is InChI=1S/C36H63N7O11/c1-10-26-24(16-21(2)3)13-14-36(51,54-26)35(7,50)34(49)39-30-31(22(4)5)53-29(46)20-40(8)27(44)17-37-32(47)23(6)41(9)28(45)19-42(52)18-25-12-11-15-38-43(25)33(30)48/h21-26,30-31,38,50-52H,10-20H2,1-9H3,(H,37,47)(H,39,49)/t23-,24+,25+,26+,30-,31?,35+,36+/m0/s1. The first kappa shape index (κ1) is 45.0. The van der Waals surface area contributed by atoms with Gasteiger partial charge < -0.3 is 45.3 Å². The molecule has 1 unspecified atom stereocenters. The summed E-state index contributed by atoms with van der Waals surface area (Å²) in [5, 5.41) is 41.4. The van der Waals surface area contributed by atoms with E-state index in [1.165, 1.54) is 26.0 Å². The molecule has 18 nitrogen and oxygen atoms in total. The number of cyclic esters (lactones) is 1. The van der Waals surface area contributed by atoms with Crippen LogP contribution in [0, 0.1) is 17.8 Å². The van der Waals surface area contributed by atoms with E-state index in [-0.39, 0.29) is 18.9 Å². The van der Waals surface area contributed by atoms with Gasteiger partial charge in [0.2, 0.25) is 23.5 Å². The quantitative estimate of drug-likeness (QED) is 0.177. The predicted molar refractivity (Wildman–Crippen MR) is 194 cm³/mol. The molecule has 3 fully saturated rings. The number of amides is 5. The van der Waals surface area contributed by atoms with Crippen molar-refractivity contribution >= 4 is 35.5 Å². The lowest BCUT2D eigenvalue weighted by molar-refractivity contribution is -0.329. The molecule has 3 heterocycles. The summed E-state index contributed by atoms with van der Waals surface area (Å²) in [4.78, 5) is 83.0. The molecule has 18 heteroatoms. The zero-order chi connectivity index (χ0) is 40.7. The van der Waals surface area contributed by atoms with Crippen molar-refractivity contribution in [2.24, 2.45) is 17.8 Å². The lowest BCUT2D eigenvalue weighted by Gasteiger charge is -2.48. The van der Waals surface area contributed by atoms with Crippen LogP contribution < -0.4 is 16.1 Å². The predicted octanol–water partition coefficient (Wildman–Crippen LogP) is -0.648. The Bertz CT molecular complexity index is 1360. The molecule has 3 saturated heterocycles. The average Bonchev–Trinajstić information content (AvgIpc) is 3.10. The normalized spacial score (nSPS) is 32.0. The molecule has 0 aromatic carbocycles. The van der Waals surface area contributed by atoms with E-state index in [0.29, 0.717) is 38.1 Å². The lowest BCUT2D eigenvalue weighted by Crippen LogP contribution is -2.70. The molecule has 6 N–H and O–H groups in total. The van der Waals surface area contributed by atoms with Gasteiger partial charge in [0.1, 0.15) is 31.3 Å². The van der Waals surface area contributed by atoms with Gasteiger partial charge in [-0.25, -0.2) is 5.43 Å². The molecule has 54 heavy (non-hydrogen) atoms. The number of nitrogens with zero attached hydrogens (tertiary/aromatic N) is 4. The number of carbonyl (C=O) groups is 6. The number of rotatable bonds is 7. The fourth-order valence-corrected chi connectivity index (χ4v) is 7.21. The Kier molecular flexibility index (Phi) is 15.8. The monoisotopic (exact) mass is 769 g/mol. The van der Waals surface area contributed by atoms with Gasteiger partial charge in [-0.2, -0.15) is 5.06 Å². The van der Waals surface area contributed by atoms with Crippen LogP contribution in [0.15, 0.2) is 0 Å². The van der Waals surface area contributed by atoms with Crippen LogP contribution >= 0.6 is 0 Å². The number of carbonyl (C=O) groups excluding carboxylic acids is 6. The first-order valence-corrected chi connectivity index (χ1v) is 19.0. The summed E-state index contributed by atoms with van der Waals surface area (Å²) in [6.07, 6.45) is 0.935. The van der Waals surface area contributed by atoms with Crippen LogP contribution in [0.25, 0.3) is 0 Å². The van der Waals surface area contributed by atoms with Gasteiger partial charge in [0, 0.05) is 33.6 Å².